The maximum Gasteiger partial charge on any atom is 0.465 e. The van der Waals surface area contributed by atoms with Crippen LogP contribution in [0.15, 0.2) is 43.0 Å². The van der Waals surface area contributed by atoms with Crippen molar-refractivity contribution >= 4 is 32.9 Å². The van der Waals surface area contributed by atoms with Crippen molar-refractivity contribution in [2.24, 2.45) is 0 Å². The van der Waals surface area contributed by atoms with E-state index in [2.05, 4.69) is 11.3 Å². The fraction of sp³-hybridized carbons (Fsp3) is 0.133. The molecule has 0 atom stereocenters. The van der Waals surface area contributed by atoms with Crippen LogP contribution in [-0.4, -0.2) is 24.2 Å². The molecule has 23 heavy (non-hydrogen) atoms. The van der Waals surface area contributed by atoms with Gasteiger partial charge in [-0.3, -0.25) is 4.55 Å². The molecule has 0 aliphatic heterocycles. The monoisotopic (exact) mass is 342 g/mol. The molecule has 0 fully saturated rings. The van der Waals surface area contributed by atoms with Crippen LogP contribution < -0.4 is 0 Å². The summed E-state index contributed by atoms with van der Waals surface area (Å²) >= 11 is 0. The van der Waals surface area contributed by atoms with E-state index < -0.39 is 27.9 Å². The van der Waals surface area contributed by atoms with Crippen molar-refractivity contribution in [2.45, 2.75) is 11.9 Å². The number of alkyl halides is 2. The predicted octanol–water partition coefficient (Wildman–Crippen LogP) is 3.01. The summed E-state index contributed by atoms with van der Waals surface area (Å²) < 4.78 is 59.5. The first-order chi connectivity index (χ1) is 10.6. The topological polar surface area (TPSA) is 80.7 Å². The lowest BCUT2D eigenvalue weighted by atomic mass is 10.0. The van der Waals surface area contributed by atoms with Gasteiger partial charge in [-0.2, -0.15) is 17.2 Å². The zero-order valence-corrected chi connectivity index (χ0v) is 12.5. The van der Waals surface area contributed by atoms with Crippen LogP contribution in [0.4, 0.5) is 8.78 Å². The molecular weight excluding hydrogens is 330 g/mol. The van der Waals surface area contributed by atoms with E-state index in [1.165, 1.54) is 0 Å². The van der Waals surface area contributed by atoms with Gasteiger partial charge in [-0.05, 0) is 34.0 Å². The van der Waals surface area contributed by atoms with Gasteiger partial charge in [-0.1, -0.05) is 36.9 Å². The molecule has 0 saturated heterocycles. The van der Waals surface area contributed by atoms with Gasteiger partial charge in [0.15, 0.2) is 0 Å². The number of benzene rings is 2. The Labute approximate surface area is 130 Å². The first-order valence-corrected chi connectivity index (χ1v) is 7.76. The molecule has 1 N–H and O–H groups in total. The third kappa shape index (κ3) is 3.54. The number of halogens is 2. The average molecular weight is 342 g/mol. The molecule has 0 unspecified atom stereocenters. The molecule has 0 aromatic heterocycles. The van der Waals surface area contributed by atoms with Crippen molar-refractivity contribution in [2.75, 3.05) is 0 Å². The predicted molar refractivity (Wildman–Crippen MR) is 80.3 cm³/mol. The minimum Gasteiger partial charge on any atom is -0.455 e. The number of rotatable bonds is 5. The highest BCUT2D eigenvalue weighted by molar-refractivity contribution is 7.87. The maximum absolute atomic E-state index is 13.0. The lowest BCUT2D eigenvalue weighted by molar-refractivity contribution is -0.162. The molecule has 2 aromatic carbocycles. The van der Waals surface area contributed by atoms with E-state index in [-0.39, 0.29) is 0 Å². The number of esters is 1. The van der Waals surface area contributed by atoms with Crippen molar-refractivity contribution in [1.82, 2.24) is 0 Å². The van der Waals surface area contributed by atoms with E-state index >= 15 is 0 Å². The highest BCUT2D eigenvalue weighted by Crippen LogP contribution is 2.24. The van der Waals surface area contributed by atoms with Gasteiger partial charge in [0.1, 0.15) is 6.61 Å². The van der Waals surface area contributed by atoms with Crippen molar-refractivity contribution < 1.29 is 31.3 Å². The fourth-order valence-electron chi connectivity index (χ4n) is 1.87. The van der Waals surface area contributed by atoms with Crippen LogP contribution in [0.5, 0.6) is 0 Å². The molecule has 122 valence electrons. The Balaban J connectivity index is 2.17. The largest absolute Gasteiger partial charge is 0.465 e. The lowest BCUT2D eigenvalue weighted by Gasteiger charge is -2.12. The zero-order valence-electron chi connectivity index (χ0n) is 11.7. The summed E-state index contributed by atoms with van der Waals surface area (Å²) in [5.74, 6) is -2.33. The minimum atomic E-state index is -5.87. The van der Waals surface area contributed by atoms with Crippen molar-refractivity contribution in [3.63, 3.8) is 0 Å². The molecule has 2 rings (SSSR count). The third-order valence-corrected chi connectivity index (χ3v) is 3.91. The van der Waals surface area contributed by atoms with Crippen LogP contribution in [0.1, 0.15) is 11.1 Å². The van der Waals surface area contributed by atoms with E-state index in [9.17, 15) is 22.0 Å². The van der Waals surface area contributed by atoms with Gasteiger partial charge in [-0.15, -0.1) is 0 Å². The summed E-state index contributed by atoms with van der Waals surface area (Å²) in [5, 5.41) is -3.34. The highest BCUT2D eigenvalue weighted by atomic mass is 32.2. The molecule has 5 nitrogen and oxygen atoms in total. The third-order valence-electron chi connectivity index (χ3n) is 3.10. The second kappa shape index (κ2) is 6.05. The molecule has 0 aliphatic rings. The molecule has 0 amide bonds. The number of fused-ring (bicyclic) bond motifs is 1. The van der Waals surface area contributed by atoms with Crippen LogP contribution in [0.3, 0.4) is 0 Å². The molecule has 0 aliphatic carbocycles. The van der Waals surface area contributed by atoms with Crippen molar-refractivity contribution in [3.05, 3.63) is 54.1 Å². The van der Waals surface area contributed by atoms with E-state index in [1.807, 2.05) is 6.07 Å². The molecule has 0 spiro atoms. The minimum absolute atomic E-state index is 0.392. The first-order valence-electron chi connectivity index (χ1n) is 6.32. The summed E-state index contributed by atoms with van der Waals surface area (Å²) in [4.78, 5) is 11.1. The average Bonchev–Trinajstić information content (AvgIpc) is 2.50. The van der Waals surface area contributed by atoms with E-state index in [1.54, 1.807) is 36.4 Å². The molecule has 0 heterocycles. The van der Waals surface area contributed by atoms with Gasteiger partial charge < -0.3 is 4.74 Å². The fourth-order valence-corrected chi connectivity index (χ4v) is 2.14. The van der Waals surface area contributed by atoms with E-state index in [0.717, 1.165) is 16.3 Å². The van der Waals surface area contributed by atoms with Crippen LogP contribution >= 0.6 is 0 Å². The molecule has 0 bridgehead atoms. The summed E-state index contributed by atoms with van der Waals surface area (Å²) in [6, 6.07) is 10.3. The van der Waals surface area contributed by atoms with Crippen LogP contribution in [0.25, 0.3) is 16.8 Å². The smallest absolute Gasteiger partial charge is 0.455 e. The second-order valence-corrected chi connectivity index (χ2v) is 6.18. The zero-order chi connectivity index (χ0) is 17.3. The normalized spacial score (nSPS) is 12.1. The Morgan fingerprint density at radius 2 is 1.83 bits per heavy atom. The van der Waals surface area contributed by atoms with Gasteiger partial charge in [-0.25, -0.2) is 4.79 Å². The number of ether oxygens (including phenoxy) is 1. The molecular formula is C15H12F2O5S. The Bertz CT molecular complexity index is 875. The Hall–Kier alpha value is -2.32. The van der Waals surface area contributed by atoms with Crippen molar-refractivity contribution in [3.8, 4) is 0 Å². The van der Waals surface area contributed by atoms with Crippen LogP contribution in [-0.2, 0) is 26.3 Å². The summed E-state index contributed by atoms with van der Waals surface area (Å²) in [6.07, 6.45) is 1.67. The standard InChI is InChI=1S/C15H12F2O5S/c1-2-10-3-5-13-8-11(4-6-12(13)7-10)9-22-14(18)15(16,17)23(19,20)21/h2-8H,1,9H2,(H,19,20,21). The molecule has 0 saturated carbocycles. The number of hydrogen-bond acceptors (Lipinski definition) is 4. The Morgan fingerprint density at radius 3 is 2.43 bits per heavy atom. The number of carbonyl (C=O) groups excluding carboxylic acids is 1. The molecule has 0 radical (unpaired) electrons. The lowest BCUT2D eigenvalue weighted by Crippen LogP contribution is -2.38. The SMILES string of the molecule is C=Cc1ccc2cc(COC(=O)C(F)(F)S(=O)(=O)O)ccc2c1. The van der Waals surface area contributed by atoms with Gasteiger partial charge in [0.25, 0.3) is 0 Å². The van der Waals surface area contributed by atoms with Gasteiger partial charge in [0.2, 0.25) is 0 Å². The Morgan fingerprint density at radius 1 is 1.22 bits per heavy atom. The first kappa shape index (κ1) is 17.0. The summed E-state index contributed by atoms with van der Waals surface area (Å²) in [7, 11) is -5.87. The van der Waals surface area contributed by atoms with Crippen LogP contribution in [0.2, 0.25) is 0 Å². The van der Waals surface area contributed by atoms with E-state index in [0.29, 0.717) is 5.56 Å². The van der Waals surface area contributed by atoms with Crippen molar-refractivity contribution in [1.29, 1.82) is 0 Å². The maximum atomic E-state index is 13.0. The Kier molecular flexibility index (Phi) is 4.49. The van der Waals surface area contributed by atoms with Gasteiger partial charge in [0.05, 0.1) is 0 Å². The molecule has 2 aromatic rings. The summed E-state index contributed by atoms with van der Waals surface area (Å²) in [5.41, 5.74) is 1.30. The van der Waals surface area contributed by atoms with Gasteiger partial charge >= 0.3 is 21.3 Å². The second-order valence-electron chi connectivity index (χ2n) is 4.71. The summed E-state index contributed by atoms with van der Waals surface area (Å²) in [6.45, 7) is 3.10. The van der Waals surface area contributed by atoms with Crippen LogP contribution in [0, 0.1) is 0 Å². The van der Waals surface area contributed by atoms with Gasteiger partial charge in [0, 0.05) is 0 Å². The number of hydrogen-bond donors (Lipinski definition) is 1. The number of carbonyl (C=O) groups is 1. The quantitative estimate of drug-likeness (QED) is 0.667. The van der Waals surface area contributed by atoms with E-state index in [4.69, 9.17) is 4.55 Å². The highest BCUT2D eigenvalue weighted by Gasteiger charge is 2.54. The molecule has 8 heteroatoms.